The lowest BCUT2D eigenvalue weighted by Crippen LogP contribution is -2.11. The summed E-state index contributed by atoms with van der Waals surface area (Å²) in [5, 5.41) is 0. The number of rotatable bonds is 2. The second-order valence-corrected chi connectivity index (χ2v) is 1.31. The monoisotopic (exact) mass is 144 g/mol. The average Bonchev–Trinajstić information content (AvgIpc) is 1.88. The van der Waals surface area contributed by atoms with Crippen molar-refractivity contribution in [2.75, 3.05) is 6.61 Å². The predicted octanol–water partition coefficient (Wildman–Crippen LogP) is 0.872. The van der Waals surface area contributed by atoms with Crippen LogP contribution in [0.2, 0.25) is 0 Å². The van der Waals surface area contributed by atoms with Gasteiger partial charge in [-0.2, -0.15) is 0 Å². The van der Waals surface area contributed by atoms with Crippen molar-refractivity contribution in [3.05, 3.63) is 12.7 Å². The molecule has 0 fully saturated rings. The van der Waals surface area contributed by atoms with Gasteiger partial charge in [-0.05, 0) is 6.92 Å². The molecule has 0 atom stereocenters. The van der Waals surface area contributed by atoms with E-state index in [-0.39, 0.29) is 6.61 Å². The largest absolute Gasteiger partial charge is 0.516 e. The molecular weight excluding hydrogens is 136 g/mol. The van der Waals surface area contributed by atoms with Gasteiger partial charge in [-0.3, -0.25) is 0 Å². The Bertz CT molecular complexity index is 150. The van der Waals surface area contributed by atoms with Gasteiger partial charge < -0.3 is 9.47 Å². The Labute approximate surface area is 58.4 Å². The van der Waals surface area contributed by atoms with Gasteiger partial charge in [0.1, 0.15) is 0 Å². The summed E-state index contributed by atoms with van der Waals surface area (Å²) in [6.07, 6.45) is -0.107. The average molecular weight is 144 g/mol. The van der Waals surface area contributed by atoms with Crippen LogP contribution in [-0.2, 0) is 14.3 Å². The Morgan fingerprint density at radius 1 is 1.60 bits per heavy atom. The van der Waals surface area contributed by atoms with Crippen LogP contribution in [0.25, 0.3) is 0 Å². The topological polar surface area (TPSA) is 52.6 Å². The summed E-state index contributed by atoms with van der Waals surface area (Å²) in [5.74, 6) is -0.807. The maximum Gasteiger partial charge on any atom is 0.516 e. The van der Waals surface area contributed by atoms with Crippen molar-refractivity contribution in [2.24, 2.45) is 0 Å². The Kier molecular flexibility index (Phi) is 3.95. The van der Waals surface area contributed by atoms with Crippen LogP contribution in [-0.4, -0.2) is 18.7 Å². The smallest absolute Gasteiger partial charge is 0.434 e. The molecule has 0 aliphatic carbocycles. The molecule has 0 spiro atoms. The second-order valence-electron chi connectivity index (χ2n) is 1.31. The van der Waals surface area contributed by atoms with E-state index in [9.17, 15) is 9.59 Å². The van der Waals surface area contributed by atoms with Gasteiger partial charge in [-0.1, -0.05) is 6.58 Å². The Hall–Kier alpha value is -1.32. The number of hydrogen-bond donors (Lipinski definition) is 0. The minimum absolute atomic E-state index is 0.184. The van der Waals surface area contributed by atoms with E-state index >= 15 is 0 Å². The van der Waals surface area contributed by atoms with E-state index in [2.05, 4.69) is 16.1 Å². The van der Waals surface area contributed by atoms with Crippen molar-refractivity contribution in [3.8, 4) is 0 Å². The van der Waals surface area contributed by atoms with Crippen LogP contribution >= 0.6 is 0 Å². The highest BCUT2D eigenvalue weighted by Crippen LogP contribution is 1.85. The van der Waals surface area contributed by atoms with Gasteiger partial charge in [0, 0.05) is 6.08 Å². The van der Waals surface area contributed by atoms with Gasteiger partial charge >= 0.3 is 12.1 Å². The van der Waals surface area contributed by atoms with Crippen LogP contribution in [0.5, 0.6) is 0 Å². The first kappa shape index (κ1) is 8.68. The molecule has 0 heterocycles. The molecule has 0 saturated carbocycles. The van der Waals surface area contributed by atoms with Gasteiger partial charge in [0.15, 0.2) is 0 Å². The van der Waals surface area contributed by atoms with E-state index in [4.69, 9.17) is 0 Å². The standard InChI is InChI=1S/C6H8O4/c1-3-5(7)10-6(8)9-4-2/h3H,1,4H2,2H3. The number of hydrogen-bond acceptors (Lipinski definition) is 4. The lowest BCUT2D eigenvalue weighted by molar-refractivity contribution is -0.134. The third-order valence-electron chi connectivity index (χ3n) is 0.613. The summed E-state index contributed by atoms with van der Waals surface area (Å²) in [6.45, 7) is 4.89. The van der Waals surface area contributed by atoms with Gasteiger partial charge in [-0.25, -0.2) is 9.59 Å². The summed E-state index contributed by atoms with van der Waals surface area (Å²) in [6, 6.07) is 0. The van der Waals surface area contributed by atoms with E-state index in [1.165, 1.54) is 0 Å². The van der Waals surface area contributed by atoms with E-state index < -0.39 is 12.1 Å². The van der Waals surface area contributed by atoms with E-state index in [1.807, 2.05) is 0 Å². The lowest BCUT2D eigenvalue weighted by atomic mass is 10.7. The van der Waals surface area contributed by atoms with Gasteiger partial charge in [0.25, 0.3) is 0 Å². The normalized spacial score (nSPS) is 8.10. The first-order chi connectivity index (χ1) is 4.70. The molecule has 0 saturated heterocycles. The number of ether oxygens (including phenoxy) is 2. The molecular formula is C6H8O4. The van der Waals surface area contributed by atoms with Crippen molar-refractivity contribution in [1.82, 2.24) is 0 Å². The van der Waals surface area contributed by atoms with Crippen LogP contribution in [0.3, 0.4) is 0 Å². The number of carbonyl (C=O) groups is 2. The highest BCUT2D eigenvalue weighted by molar-refractivity contribution is 5.89. The fourth-order valence-electron chi connectivity index (χ4n) is 0.271. The van der Waals surface area contributed by atoms with E-state index in [1.54, 1.807) is 6.92 Å². The minimum atomic E-state index is -0.993. The lowest BCUT2D eigenvalue weighted by Gasteiger charge is -1.97. The number of carbonyl (C=O) groups excluding carboxylic acids is 2. The summed E-state index contributed by atoms with van der Waals surface area (Å²) in [7, 11) is 0. The summed E-state index contributed by atoms with van der Waals surface area (Å²) < 4.78 is 8.31. The first-order valence-corrected chi connectivity index (χ1v) is 2.71. The molecule has 0 radical (unpaired) electrons. The molecule has 0 aliphatic rings. The van der Waals surface area contributed by atoms with Gasteiger partial charge in [0.05, 0.1) is 6.61 Å². The number of esters is 1. The fourth-order valence-corrected chi connectivity index (χ4v) is 0.271. The molecule has 0 aromatic carbocycles. The molecule has 56 valence electrons. The van der Waals surface area contributed by atoms with E-state index in [0.717, 1.165) is 6.08 Å². The maximum atomic E-state index is 10.3. The molecule has 0 amide bonds. The van der Waals surface area contributed by atoms with Crippen molar-refractivity contribution >= 4 is 12.1 Å². The van der Waals surface area contributed by atoms with Crippen LogP contribution in [0.1, 0.15) is 6.92 Å². The van der Waals surface area contributed by atoms with Gasteiger partial charge in [-0.15, -0.1) is 0 Å². The molecule has 0 unspecified atom stereocenters. The second kappa shape index (κ2) is 4.55. The molecule has 10 heavy (non-hydrogen) atoms. The Morgan fingerprint density at radius 3 is 2.60 bits per heavy atom. The van der Waals surface area contributed by atoms with Crippen molar-refractivity contribution in [1.29, 1.82) is 0 Å². The van der Waals surface area contributed by atoms with Crippen LogP contribution in [0.15, 0.2) is 12.7 Å². The summed E-state index contributed by atoms with van der Waals surface area (Å²) in [5.41, 5.74) is 0. The zero-order chi connectivity index (χ0) is 7.98. The highest BCUT2D eigenvalue weighted by atomic mass is 16.7. The predicted molar refractivity (Wildman–Crippen MR) is 33.3 cm³/mol. The van der Waals surface area contributed by atoms with Crippen molar-refractivity contribution < 1.29 is 19.1 Å². The zero-order valence-corrected chi connectivity index (χ0v) is 5.62. The molecule has 0 rings (SSSR count). The van der Waals surface area contributed by atoms with Gasteiger partial charge in [0.2, 0.25) is 0 Å². The molecule has 0 aromatic heterocycles. The third-order valence-corrected chi connectivity index (χ3v) is 0.613. The molecule has 0 aromatic rings. The molecule has 4 nitrogen and oxygen atoms in total. The van der Waals surface area contributed by atoms with Crippen molar-refractivity contribution in [3.63, 3.8) is 0 Å². The van der Waals surface area contributed by atoms with Crippen LogP contribution < -0.4 is 0 Å². The maximum absolute atomic E-state index is 10.3. The van der Waals surface area contributed by atoms with Crippen molar-refractivity contribution in [2.45, 2.75) is 6.92 Å². The Balaban J connectivity index is 3.57. The summed E-state index contributed by atoms with van der Waals surface area (Å²) >= 11 is 0. The van der Waals surface area contributed by atoms with E-state index in [0.29, 0.717) is 0 Å². The highest BCUT2D eigenvalue weighted by Gasteiger charge is 2.05. The molecule has 0 N–H and O–H groups in total. The molecule has 0 bridgehead atoms. The molecule has 4 heteroatoms. The zero-order valence-electron chi connectivity index (χ0n) is 5.62. The Morgan fingerprint density at radius 2 is 2.20 bits per heavy atom. The van der Waals surface area contributed by atoms with Crippen LogP contribution in [0.4, 0.5) is 4.79 Å². The minimum Gasteiger partial charge on any atom is -0.434 e. The fraction of sp³-hybridized carbons (Fsp3) is 0.333. The first-order valence-electron chi connectivity index (χ1n) is 2.71. The summed E-state index contributed by atoms with van der Waals surface area (Å²) in [4.78, 5) is 20.6. The molecule has 0 aliphatic heterocycles. The SMILES string of the molecule is C=CC(=O)OC(=O)OCC. The quantitative estimate of drug-likeness (QED) is 0.328. The third kappa shape index (κ3) is 3.65. The van der Waals surface area contributed by atoms with Crippen LogP contribution in [0, 0.1) is 0 Å².